The van der Waals surface area contributed by atoms with Gasteiger partial charge in [-0.3, -0.25) is 9.48 Å². The quantitative estimate of drug-likeness (QED) is 0.626. The van der Waals surface area contributed by atoms with Crippen molar-refractivity contribution in [2.45, 2.75) is 45.6 Å². The molecule has 1 fully saturated rings. The average Bonchev–Trinajstić information content (AvgIpc) is 2.64. The maximum absolute atomic E-state index is 11.8. The molecule has 2 rings (SSSR count). The minimum Gasteiger partial charge on any atom is -0.451 e. The molecule has 0 radical (unpaired) electrons. The molecule has 0 amide bonds. The van der Waals surface area contributed by atoms with Gasteiger partial charge in [0.1, 0.15) is 0 Å². The fourth-order valence-electron chi connectivity index (χ4n) is 2.44. The predicted molar refractivity (Wildman–Crippen MR) is 75.1 cm³/mol. The summed E-state index contributed by atoms with van der Waals surface area (Å²) < 4.78 is 6.98. The first-order valence-corrected chi connectivity index (χ1v) is 6.90. The SMILES string of the molecule is Cc1nn(C)c(C)c1/C=C/C(=O)O[C@H]1CCCCC1=O. The molecule has 5 nitrogen and oxygen atoms in total. The molecule has 0 N–H and O–H groups in total. The summed E-state index contributed by atoms with van der Waals surface area (Å²) in [4.78, 5) is 23.4. The normalized spacial score (nSPS) is 19.6. The fraction of sp³-hybridized carbons (Fsp3) is 0.533. The lowest BCUT2D eigenvalue weighted by Gasteiger charge is -2.19. The van der Waals surface area contributed by atoms with Gasteiger partial charge in [-0.05, 0) is 39.2 Å². The molecule has 0 spiro atoms. The number of ketones is 1. The van der Waals surface area contributed by atoms with E-state index >= 15 is 0 Å². The van der Waals surface area contributed by atoms with Crippen LogP contribution >= 0.6 is 0 Å². The maximum Gasteiger partial charge on any atom is 0.331 e. The van der Waals surface area contributed by atoms with E-state index < -0.39 is 12.1 Å². The molecule has 0 bridgehead atoms. The van der Waals surface area contributed by atoms with E-state index in [0.29, 0.717) is 12.8 Å². The van der Waals surface area contributed by atoms with Crippen LogP contribution in [-0.2, 0) is 21.4 Å². The van der Waals surface area contributed by atoms with Crippen molar-refractivity contribution in [2.75, 3.05) is 0 Å². The maximum atomic E-state index is 11.8. The Bertz CT molecular complexity index is 558. The molecule has 20 heavy (non-hydrogen) atoms. The summed E-state index contributed by atoms with van der Waals surface area (Å²) in [6, 6.07) is 0. The second-order valence-electron chi connectivity index (χ2n) is 5.18. The van der Waals surface area contributed by atoms with Gasteiger partial charge in [-0.2, -0.15) is 5.10 Å². The Morgan fingerprint density at radius 3 is 2.75 bits per heavy atom. The lowest BCUT2D eigenvalue weighted by atomic mass is 9.96. The molecule has 1 aliphatic carbocycles. The summed E-state index contributed by atoms with van der Waals surface area (Å²) in [5, 5.41) is 4.28. The van der Waals surface area contributed by atoms with Gasteiger partial charge in [-0.25, -0.2) is 4.79 Å². The van der Waals surface area contributed by atoms with Crippen molar-refractivity contribution in [3.8, 4) is 0 Å². The van der Waals surface area contributed by atoms with Crippen molar-refractivity contribution in [3.05, 3.63) is 23.0 Å². The minimum atomic E-state index is -0.558. The van der Waals surface area contributed by atoms with E-state index in [9.17, 15) is 9.59 Å². The number of carbonyl (C=O) groups is 2. The van der Waals surface area contributed by atoms with Gasteiger partial charge in [0.2, 0.25) is 0 Å². The van der Waals surface area contributed by atoms with E-state index in [-0.39, 0.29) is 5.78 Å². The largest absolute Gasteiger partial charge is 0.451 e. The molecule has 0 saturated heterocycles. The highest BCUT2D eigenvalue weighted by atomic mass is 16.5. The van der Waals surface area contributed by atoms with Crippen molar-refractivity contribution >= 4 is 17.8 Å². The molecular formula is C15H20N2O3. The van der Waals surface area contributed by atoms with Crippen molar-refractivity contribution < 1.29 is 14.3 Å². The molecule has 0 aliphatic heterocycles. The van der Waals surface area contributed by atoms with E-state index in [1.807, 2.05) is 20.9 Å². The van der Waals surface area contributed by atoms with E-state index in [2.05, 4.69) is 5.10 Å². The number of aromatic nitrogens is 2. The summed E-state index contributed by atoms with van der Waals surface area (Å²) in [6.45, 7) is 3.83. The van der Waals surface area contributed by atoms with Crippen LogP contribution in [-0.4, -0.2) is 27.6 Å². The smallest absolute Gasteiger partial charge is 0.331 e. The van der Waals surface area contributed by atoms with Crippen LogP contribution in [0.2, 0.25) is 0 Å². The zero-order chi connectivity index (χ0) is 14.7. The predicted octanol–water partition coefficient (Wildman–Crippen LogP) is 2.11. The van der Waals surface area contributed by atoms with Crippen LogP contribution < -0.4 is 0 Å². The number of nitrogens with zero attached hydrogens (tertiary/aromatic N) is 2. The highest BCUT2D eigenvalue weighted by Crippen LogP contribution is 2.18. The summed E-state index contributed by atoms with van der Waals surface area (Å²) in [6.07, 6.45) is 5.51. The van der Waals surface area contributed by atoms with Crippen LogP contribution in [0.15, 0.2) is 6.08 Å². The number of hydrogen-bond acceptors (Lipinski definition) is 4. The van der Waals surface area contributed by atoms with Gasteiger partial charge >= 0.3 is 5.97 Å². The summed E-state index contributed by atoms with van der Waals surface area (Å²) in [5.74, 6) is -0.431. The Morgan fingerprint density at radius 1 is 1.40 bits per heavy atom. The number of rotatable bonds is 3. The molecule has 0 aromatic carbocycles. The number of esters is 1. The van der Waals surface area contributed by atoms with Crippen LogP contribution in [0, 0.1) is 13.8 Å². The van der Waals surface area contributed by atoms with E-state index in [4.69, 9.17) is 4.74 Å². The molecule has 1 heterocycles. The molecule has 1 aromatic heterocycles. The highest BCUT2D eigenvalue weighted by molar-refractivity contribution is 5.91. The summed E-state index contributed by atoms with van der Waals surface area (Å²) in [7, 11) is 1.86. The Morgan fingerprint density at radius 2 is 2.15 bits per heavy atom. The van der Waals surface area contributed by atoms with Crippen LogP contribution in [0.1, 0.15) is 42.6 Å². The number of ether oxygens (including phenoxy) is 1. The third-order valence-electron chi connectivity index (χ3n) is 3.71. The van der Waals surface area contributed by atoms with Gasteiger partial charge in [-0.15, -0.1) is 0 Å². The standard InChI is InChI=1S/C15H20N2O3/c1-10-12(11(2)17(3)16-10)8-9-15(19)20-14-7-5-4-6-13(14)18/h8-9,14H,4-7H2,1-3H3/b9-8+/t14-/m0/s1. The molecule has 1 aromatic rings. The molecular weight excluding hydrogens is 256 g/mol. The van der Waals surface area contributed by atoms with E-state index in [1.54, 1.807) is 10.8 Å². The zero-order valence-electron chi connectivity index (χ0n) is 12.2. The van der Waals surface area contributed by atoms with E-state index in [0.717, 1.165) is 29.8 Å². The highest BCUT2D eigenvalue weighted by Gasteiger charge is 2.24. The van der Waals surface area contributed by atoms with Gasteiger partial charge in [0, 0.05) is 30.8 Å². The van der Waals surface area contributed by atoms with Crippen molar-refractivity contribution in [1.29, 1.82) is 0 Å². The molecule has 0 unspecified atom stereocenters. The topological polar surface area (TPSA) is 61.2 Å². The lowest BCUT2D eigenvalue weighted by Crippen LogP contribution is -2.29. The Hall–Kier alpha value is -1.91. The second-order valence-corrected chi connectivity index (χ2v) is 5.18. The third kappa shape index (κ3) is 3.15. The van der Waals surface area contributed by atoms with Crippen LogP contribution in [0.3, 0.4) is 0 Å². The number of hydrogen-bond donors (Lipinski definition) is 0. The van der Waals surface area contributed by atoms with Crippen LogP contribution in [0.5, 0.6) is 0 Å². The molecule has 5 heteroatoms. The van der Waals surface area contributed by atoms with Gasteiger partial charge in [0.05, 0.1) is 5.69 Å². The first kappa shape index (κ1) is 14.5. The van der Waals surface area contributed by atoms with Gasteiger partial charge < -0.3 is 4.74 Å². The summed E-state index contributed by atoms with van der Waals surface area (Å²) in [5.41, 5.74) is 2.77. The molecule has 1 aliphatic rings. The van der Waals surface area contributed by atoms with Crippen LogP contribution in [0.25, 0.3) is 6.08 Å². The Labute approximate surface area is 118 Å². The first-order chi connectivity index (χ1) is 9.49. The summed E-state index contributed by atoms with van der Waals surface area (Å²) >= 11 is 0. The Balaban J connectivity index is 2.00. The van der Waals surface area contributed by atoms with E-state index in [1.165, 1.54) is 6.08 Å². The zero-order valence-corrected chi connectivity index (χ0v) is 12.2. The van der Waals surface area contributed by atoms with Crippen molar-refractivity contribution in [2.24, 2.45) is 7.05 Å². The van der Waals surface area contributed by atoms with Crippen molar-refractivity contribution in [3.63, 3.8) is 0 Å². The molecule has 1 saturated carbocycles. The van der Waals surface area contributed by atoms with Crippen LogP contribution in [0.4, 0.5) is 0 Å². The number of Topliss-reactive ketones (excluding diaryl/α,β-unsaturated/α-hetero) is 1. The van der Waals surface area contributed by atoms with Gasteiger partial charge in [0.15, 0.2) is 11.9 Å². The molecule has 1 atom stereocenters. The Kier molecular flexibility index (Phi) is 4.37. The van der Waals surface area contributed by atoms with Gasteiger partial charge in [0.25, 0.3) is 0 Å². The third-order valence-corrected chi connectivity index (χ3v) is 3.71. The number of carbonyl (C=O) groups excluding carboxylic acids is 2. The lowest BCUT2D eigenvalue weighted by molar-refractivity contribution is -0.152. The minimum absolute atomic E-state index is 0.0340. The van der Waals surface area contributed by atoms with Gasteiger partial charge in [-0.1, -0.05) is 0 Å². The fourth-order valence-corrected chi connectivity index (χ4v) is 2.44. The number of aryl methyl sites for hydroxylation is 2. The first-order valence-electron chi connectivity index (χ1n) is 6.90. The average molecular weight is 276 g/mol. The second kappa shape index (κ2) is 6.03. The monoisotopic (exact) mass is 276 g/mol. The van der Waals surface area contributed by atoms with Crippen molar-refractivity contribution in [1.82, 2.24) is 9.78 Å². The molecule has 108 valence electrons.